The van der Waals surface area contributed by atoms with Crippen LogP contribution in [0.15, 0.2) is 54.7 Å². The lowest BCUT2D eigenvalue weighted by Gasteiger charge is -2.07. The van der Waals surface area contributed by atoms with Crippen LogP contribution in [-0.2, 0) is 6.54 Å². The number of benzene rings is 2. The van der Waals surface area contributed by atoms with Crippen molar-refractivity contribution >= 4 is 40.2 Å². The van der Waals surface area contributed by atoms with Crippen molar-refractivity contribution in [3.05, 3.63) is 69.1 Å². The molecule has 0 aliphatic rings. The Balaban J connectivity index is 1.75. The molecule has 0 amide bonds. The Morgan fingerprint density at radius 2 is 1.81 bits per heavy atom. The van der Waals surface area contributed by atoms with E-state index in [4.69, 9.17) is 23.2 Å². The maximum atomic E-state index is 5.92. The van der Waals surface area contributed by atoms with E-state index in [0.717, 1.165) is 26.7 Å². The molecule has 3 rings (SSSR count). The van der Waals surface area contributed by atoms with Gasteiger partial charge in [0.05, 0.1) is 6.54 Å². The molecule has 5 heteroatoms. The first-order valence-electron chi connectivity index (χ1n) is 6.41. The standard InChI is InChI=1S/C16H12Cl2N2S/c17-13-6-4-11(5-7-13)12-2-1-3-14(8-12)19-9-15-10-20-16(18)21-15/h1-8,10,19H,9H2. The number of hydrogen-bond acceptors (Lipinski definition) is 3. The molecule has 1 aromatic heterocycles. The summed E-state index contributed by atoms with van der Waals surface area (Å²) in [6, 6.07) is 16.1. The zero-order chi connectivity index (χ0) is 14.7. The van der Waals surface area contributed by atoms with E-state index in [1.54, 1.807) is 6.20 Å². The van der Waals surface area contributed by atoms with E-state index >= 15 is 0 Å². The molecule has 2 nitrogen and oxygen atoms in total. The fourth-order valence-corrected chi connectivity index (χ4v) is 3.05. The summed E-state index contributed by atoms with van der Waals surface area (Å²) in [6.45, 7) is 0.717. The molecule has 0 saturated carbocycles. The largest absolute Gasteiger partial charge is 0.380 e. The highest BCUT2D eigenvalue weighted by atomic mass is 35.5. The predicted molar refractivity (Wildman–Crippen MR) is 91.3 cm³/mol. The van der Waals surface area contributed by atoms with Crippen LogP contribution in [-0.4, -0.2) is 4.98 Å². The second-order valence-electron chi connectivity index (χ2n) is 4.52. The molecule has 0 aliphatic carbocycles. The van der Waals surface area contributed by atoms with E-state index in [-0.39, 0.29) is 0 Å². The van der Waals surface area contributed by atoms with Gasteiger partial charge in [-0.05, 0) is 35.4 Å². The van der Waals surface area contributed by atoms with E-state index < -0.39 is 0 Å². The summed E-state index contributed by atoms with van der Waals surface area (Å²) in [5, 5.41) is 4.13. The van der Waals surface area contributed by atoms with Crippen LogP contribution in [0.1, 0.15) is 4.88 Å². The lowest BCUT2D eigenvalue weighted by molar-refractivity contribution is 1.17. The highest BCUT2D eigenvalue weighted by Gasteiger charge is 2.02. The van der Waals surface area contributed by atoms with Crippen LogP contribution in [0, 0.1) is 0 Å². The van der Waals surface area contributed by atoms with Gasteiger partial charge in [-0.3, -0.25) is 0 Å². The summed E-state index contributed by atoms with van der Waals surface area (Å²) in [5.74, 6) is 0. The molecule has 0 radical (unpaired) electrons. The van der Waals surface area contributed by atoms with Crippen LogP contribution in [0.5, 0.6) is 0 Å². The Morgan fingerprint density at radius 3 is 2.52 bits per heavy atom. The van der Waals surface area contributed by atoms with E-state index in [0.29, 0.717) is 11.0 Å². The van der Waals surface area contributed by atoms with Gasteiger partial charge >= 0.3 is 0 Å². The predicted octanol–water partition coefficient (Wildman–Crippen LogP) is 5.73. The van der Waals surface area contributed by atoms with Crippen LogP contribution in [0.4, 0.5) is 5.69 Å². The van der Waals surface area contributed by atoms with Crippen LogP contribution in [0.25, 0.3) is 11.1 Å². The minimum absolute atomic E-state index is 0.571. The highest BCUT2D eigenvalue weighted by Crippen LogP contribution is 2.25. The van der Waals surface area contributed by atoms with Crippen molar-refractivity contribution in [1.29, 1.82) is 0 Å². The number of rotatable bonds is 4. The molecule has 0 spiro atoms. The van der Waals surface area contributed by atoms with Crippen molar-refractivity contribution in [3.8, 4) is 11.1 Å². The molecule has 2 aromatic carbocycles. The lowest BCUT2D eigenvalue weighted by atomic mass is 10.1. The van der Waals surface area contributed by atoms with Crippen LogP contribution >= 0.6 is 34.5 Å². The van der Waals surface area contributed by atoms with Gasteiger partial charge in [-0.15, -0.1) is 11.3 Å². The molecule has 1 heterocycles. The zero-order valence-electron chi connectivity index (χ0n) is 11.0. The fourth-order valence-electron chi connectivity index (χ4n) is 2.01. The molecule has 106 valence electrons. The first-order chi connectivity index (χ1) is 10.2. The Bertz CT molecular complexity index is 738. The summed E-state index contributed by atoms with van der Waals surface area (Å²) in [6.07, 6.45) is 1.79. The molecule has 0 saturated heterocycles. The van der Waals surface area contributed by atoms with Gasteiger partial charge in [-0.2, -0.15) is 0 Å². The van der Waals surface area contributed by atoms with Crippen molar-refractivity contribution < 1.29 is 0 Å². The van der Waals surface area contributed by atoms with Gasteiger partial charge in [0, 0.05) is 21.8 Å². The van der Waals surface area contributed by atoms with Crippen molar-refractivity contribution in [1.82, 2.24) is 4.98 Å². The summed E-state index contributed by atoms with van der Waals surface area (Å²) < 4.78 is 0.571. The average Bonchev–Trinajstić information content (AvgIpc) is 2.92. The molecule has 3 aromatic rings. The van der Waals surface area contributed by atoms with E-state index in [2.05, 4.69) is 22.4 Å². The molecule has 0 aliphatic heterocycles. The molecular weight excluding hydrogens is 323 g/mol. The SMILES string of the molecule is Clc1ccc(-c2cccc(NCc3cnc(Cl)s3)c2)cc1. The minimum atomic E-state index is 0.571. The maximum absolute atomic E-state index is 5.92. The third-order valence-corrected chi connectivity index (χ3v) is 4.40. The first kappa shape index (κ1) is 14.4. The number of nitrogens with zero attached hydrogens (tertiary/aromatic N) is 1. The van der Waals surface area contributed by atoms with Gasteiger partial charge in [-0.1, -0.05) is 47.5 Å². The molecule has 1 N–H and O–H groups in total. The van der Waals surface area contributed by atoms with Crippen molar-refractivity contribution in [2.24, 2.45) is 0 Å². The highest BCUT2D eigenvalue weighted by molar-refractivity contribution is 7.15. The number of nitrogens with one attached hydrogen (secondary N) is 1. The number of hydrogen-bond donors (Lipinski definition) is 1. The topological polar surface area (TPSA) is 24.9 Å². The Hall–Kier alpha value is -1.55. The molecule has 0 fully saturated rings. The van der Waals surface area contributed by atoms with E-state index in [1.807, 2.05) is 36.4 Å². The van der Waals surface area contributed by atoms with Gasteiger partial charge in [0.25, 0.3) is 0 Å². The van der Waals surface area contributed by atoms with Crippen LogP contribution < -0.4 is 5.32 Å². The Kier molecular flexibility index (Phi) is 4.44. The maximum Gasteiger partial charge on any atom is 0.183 e. The van der Waals surface area contributed by atoms with Crippen LogP contribution in [0.2, 0.25) is 9.49 Å². The molecule has 0 unspecified atom stereocenters. The molecule has 0 bridgehead atoms. The second kappa shape index (κ2) is 6.48. The third-order valence-electron chi connectivity index (χ3n) is 3.03. The van der Waals surface area contributed by atoms with Gasteiger partial charge in [0.15, 0.2) is 4.47 Å². The van der Waals surface area contributed by atoms with E-state index in [1.165, 1.54) is 11.3 Å². The summed E-state index contributed by atoms with van der Waals surface area (Å²) >= 11 is 13.2. The van der Waals surface area contributed by atoms with E-state index in [9.17, 15) is 0 Å². The molecule has 0 atom stereocenters. The number of halogens is 2. The quantitative estimate of drug-likeness (QED) is 0.659. The number of thiazole rings is 1. The Morgan fingerprint density at radius 1 is 1.00 bits per heavy atom. The molecule has 21 heavy (non-hydrogen) atoms. The first-order valence-corrected chi connectivity index (χ1v) is 7.98. The minimum Gasteiger partial charge on any atom is -0.380 e. The lowest BCUT2D eigenvalue weighted by Crippen LogP contribution is -1.97. The van der Waals surface area contributed by atoms with Crippen molar-refractivity contribution in [3.63, 3.8) is 0 Å². The van der Waals surface area contributed by atoms with Crippen molar-refractivity contribution in [2.45, 2.75) is 6.54 Å². The second-order valence-corrected chi connectivity index (χ2v) is 6.65. The summed E-state index contributed by atoms with van der Waals surface area (Å²) in [5.41, 5.74) is 3.36. The van der Waals surface area contributed by atoms with Crippen LogP contribution in [0.3, 0.4) is 0 Å². The van der Waals surface area contributed by atoms with Gasteiger partial charge in [0.1, 0.15) is 0 Å². The van der Waals surface area contributed by atoms with Gasteiger partial charge in [-0.25, -0.2) is 4.98 Å². The van der Waals surface area contributed by atoms with Gasteiger partial charge < -0.3 is 5.32 Å². The summed E-state index contributed by atoms with van der Waals surface area (Å²) in [7, 11) is 0. The number of aromatic nitrogens is 1. The summed E-state index contributed by atoms with van der Waals surface area (Å²) in [4.78, 5) is 5.14. The monoisotopic (exact) mass is 334 g/mol. The Labute approximate surface area is 137 Å². The normalized spacial score (nSPS) is 10.6. The molecular formula is C16H12Cl2N2S. The number of anilines is 1. The fraction of sp³-hybridized carbons (Fsp3) is 0.0625. The third kappa shape index (κ3) is 3.76. The van der Waals surface area contributed by atoms with Crippen molar-refractivity contribution in [2.75, 3.05) is 5.32 Å². The van der Waals surface area contributed by atoms with Gasteiger partial charge in [0.2, 0.25) is 0 Å². The zero-order valence-corrected chi connectivity index (χ0v) is 13.3. The smallest absolute Gasteiger partial charge is 0.183 e. The average molecular weight is 335 g/mol.